The maximum Gasteiger partial charge on any atom is 0.307 e. The fourth-order valence-electron chi connectivity index (χ4n) is 2.10. The minimum absolute atomic E-state index is 0.427. The number of halogens is 2. The van der Waals surface area contributed by atoms with Crippen LogP contribution in [0.2, 0.25) is 5.02 Å². The summed E-state index contributed by atoms with van der Waals surface area (Å²) in [6, 6.07) is 15.2. The van der Waals surface area contributed by atoms with E-state index >= 15 is 0 Å². The van der Waals surface area contributed by atoms with Crippen LogP contribution >= 0.6 is 27.5 Å². The second-order valence-electron chi connectivity index (χ2n) is 4.66. The van der Waals surface area contributed by atoms with Gasteiger partial charge in [-0.15, -0.1) is 0 Å². The lowest BCUT2D eigenvalue weighted by Gasteiger charge is -2.13. The summed E-state index contributed by atoms with van der Waals surface area (Å²) in [5, 5.41) is 9.99. The predicted molar refractivity (Wildman–Crippen MR) is 84.1 cm³/mol. The molecule has 2 nitrogen and oxygen atoms in total. The molecule has 4 heteroatoms. The van der Waals surface area contributed by atoms with E-state index in [1.54, 1.807) is 6.07 Å². The van der Waals surface area contributed by atoms with Gasteiger partial charge in [0, 0.05) is 9.50 Å². The molecule has 2 aromatic carbocycles. The van der Waals surface area contributed by atoms with Gasteiger partial charge in [-0.3, -0.25) is 4.79 Å². The smallest absolute Gasteiger partial charge is 0.307 e. The van der Waals surface area contributed by atoms with Crippen molar-refractivity contribution in [3.05, 3.63) is 69.2 Å². The highest BCUT2D eigenvalue weighted by atomic mass is 79.9. The van der Waals surface area contributed by atoms with Crippen molar-refractivity contribution >= 4 is 33.5 Å². The second kappa shape index (κ2) is 6.91. The van der Waals surface area contributed by atoms with E-state index in [2.05, 4.69) is 15.9 Å². The van der Waals surface area contributed by atoms with Crippen molar-refractivity contribution in [3.63, 3.8) is 0 Å². The summed E-state index contributed by atoms with van der Waals surface area (Å²) in [5.74, 6) is -1.27. The van der Waals surface area contributed by atoms with Gasteiger partial charge in [0.25, 0.3) is 0 Å². The van der Waals surface area contributed by atoms with Crippen LogP contribution in [0.3, 0.4) is 0 Å². The molecule has 2 aromatic rings. The van der Waals surface area contributed by atoms with E-state index in [1.165, 1.54) is 0 Å². The van der Waals surface area contributed by atoms with Gasteiger partial charge in [0.1, 0.15) is 0 Å². The largest absolute Gasteiger partial charge is 0.481 e. The Morgan fingerprint density at radius 2 is 1.85 bits per heavy atom. The Balaban J connectivity index is 2.15. The maximum absolute atomic E-state index is 11.4. The molecule has 0 aromatic heterocycles. The van der Waals surface area contributed by atoms with Gasteiger partial charge in [-0.05, 0) is 36.1 Å². The number of hydrogen-bond acceptors (Lipinski definition) is 1. The number of aliphatic carboxylic acids is 1. The van der Waals surface area contributed by atoms with Gasteiger partial charge in [0.2, 0.25) is 0 Å². The molecule has 0 aliphatic rings. The van der Waals surface area contributed by atoms with Crippen LogP contribution in [0.25, 0.3) is 0 Å². The van der Waals surface area contributed by atoms with Crippen LogP contribution in [-0.4, -0.2) is 11.1 Å². The first kappa shape index (κ1) is 15.1. The Morgan fingerprint density at radius 1 is 1.15 bits per heavy atom. The highest BCUT2D eigenvalue weighted by Crippen LogP contribution is 2.25. The molecule has 0 aliphatic heterocycles. The molecule has 0 radical (unpaired) electrons. The Bertz CT molecular complexity index is 599. The fourth-order valence-corrected chi connectivity index (χ4v) is 2.85. The Kier molecular flexibility index (Phi) is 5.21. The van der Waals surface area contributed by atoms with Gasteiger partial charge in [0.15, 0.2) is 0 Å². The summed E-state index contributed by atoms with van der Waals surface area (Å²) in [5.41, 5.74) is 1.88. The average Bonchev–Trinajstić information content (AvgIpc) is 2.42. The van der Waals surface area contributed by atoms with Crippen molar-refractivity contribution in [2.45, 2.75) is 12.8 Å². The molecule has 0 spiro atoms. The maximum atomic E-state index is 11.4. The molecule has 1 unspecified atom stereocenters. The van der Waals surface area contributed by atoms with Gasteiger partial charge >= 0.3 is 5.97 Å². The molecule has 0 bridgehead atoms. The normalized spacial score (nSPS) is 12.1. The minimum atomic E-state index is -0.798. The quantitative estimate of drug-likeness (QED) is 0.853. The monoisotopic (exact) mass is 352 g/mol. The SMILES string of the molecule is O=C(O)C(Cc1ccccc1)Cc1ccc(Br)cc1Cl. The highest BCUT2D eigenvalue weighted by Gasteiger charge is 2.19. The van der Waals surface area contributed by atoms with Crippen molar-refractivity contribution in [3.8, 4) is 0 Å². The number of hydrogen-bond donors (Lipinski definition) is 1. The summed E-state index contributed by atoms with van der Waals surface area (Å²) in [6.45, 7) is 0. The molecule has 0 saturated carbocycles. The lowest BCUT2D eigenvalue weighted by molar-refractivity contribution is -0.141. The molecule has 2 rings (SSSR count). The minimum Gasteiger partial charge on any atom is -0.481 e. The number of carboxylic acids is 1. The van der Waals surface area contributed by atoms with E-state index < -0.39 is 11.9 Å². The van der Waals surface area contributed by atoms with Crippen molar-refractivity contribution in [1.82, 2.24) is 0 Å². The van der Waals surface area contributed by atoms with Crippen LogP contribution in [0.15, 0.2) is 53.0 Å². The van der Waals surface area contributed by atoms with Crippen molar-refractivity contribution in [2.24, 2.45) is 5.92 Å². The molecule has 104 valence electrons. The molecular formula is C16H14BrClO2. The van der Waals surface area contributed by atoms with E-state index in [0.717, 1.165) is 15.6 Å². The van der Waals surface area contributed by atoms with Crippen LogP contribution in [-0.2, 0) is 17.6 Å². The van der Waals surface area contributed by atoms with Crippen LogP contribution in [0.4, 0.5) is 0 Å². The van der Waals surface area contributed by atoms with Crippen LogP contribution in [0.1, 0.15) is 11.1 Å². The van der Waals surface area contributed by atoms with E-state index in [9.17, 15) is 9.90 Å². The molecule has 0 fully saturated rings. The zero-order chi connectivity index (χ0) is 14.5. The van der Waals surface area contributed by atoms with Crippen LogP contribution in [0.5, 0.6) is 0 Å². The first-order chi connectivity index (χ1) is 9.56. The summed E-state index contributed by atoms with van der Waals surface area (Å²) in [7, 11) is 0. The standard InChI is InChI=1S/C16H14BrClO2/c17-14-7-6-12(15(18)10-14)9-13(16(19)20)8-11-4-2-1-3-5-11/h1-7,10,13H,8-9H2,(H,19,20). The zero-order valence-electron chi connectivity index (χ0n) is 10.7. The zero-order valence-corrected chi connectivity index (χ0v) is 13.1. The van der Waals surface area contributed by atoms with E-state index in [4.69, 9.17) is 11.6 Å². The molecule has 0 heterocycles. The average molecular weight is 354 g/mol. The topological polar surface area (TPSA) is 37.3 Å². The highest BCUT2D eigenvalue weighted by molar-refractivity contribution is 9.10. The number of benzene rings is 2. The van der Waals surface area contributed by atoms with E-state index in [1.807, 2.05) is 42.5 Å². The fraction of sp³-hybridized carbons (Fsp3) is 0.188. The third-order valence-electron chi connectivity index (χ3n) is 3.16. The summed E-state index contributed by atoms with van der Waals surface area (Å²) >= 11 is 9.50. The van der Waals surface area contributed by atoms with E-state index in [0.29, 0.717) is 17.9 Å². The Labute approximate surface area is 131 Å². The summed E-state index contributed by atoms with van der Waals surface area (Å²) in [4.78, 5) is 11.4. The summed E-state index contributed by atoms with van der Waals surface area (Å²) < 4.78 is 0.890. The lowest BCUT2D eigenvalue weighted by atomic mass is 9.92. The van der Waals surface area contributed by atoms with Gasteiger partial charge in [-0.2, -0.15) is 0 Å². The third-order valence-corrected chi connectivity index (χ3v) is 4.00. The molecule has 0 amide bonds. The third kappa shape index (κ3) is 4.09. The Hall–Kier alpha value is -1.32. The summed E-state index contributed by atoms with van der Waals surface area (Å²) in [6.07, 6.45) is 0.929. The van der Waals surface area contributed by atoms with Crippen molar-refractivity contribution in [1.29, 1.82) is 0 Å². The van der Waals surface area contributed by atoms with Gasteiger partial charge in [-0.25, -0.2) is 0 Å². The van der Waals surface area contributed by atoms with Gasteiger partial charge < -0.3 is 5.11 Å². The molecule has 1 atom stereocenters. The van der Waals surface area contributed by atoms with Crippen LogP contribution < -0.4 is 0 Å². The number of carboxylic acid groups (broad SMARTS) is 1. The van der Waals surface area contributed by atoms with Crippen LogP contribution in [0, 0.1) is 5.92 Å². The van der Waals surface area contributed by atoms with Crippen molar-refractivity contribution in [2.75, 3.05) is 0 Å². The number of rotatable bonds is 5. The molecule has 0 aliphatic carbocycles. The second-order valence-corrected chi connectivity index (χ2v) is 5.99. The lowest BCUT2D eigenvalue weighted by Crippen LogP contribution is -2.19. The predicted octanol–water partition coefficient (Wildman–Crippen LogP) is 4.59. The number of carbonyl (C=O) groups is 1. The molecular weight excluding hydrogens is 340 g/mol. The van der Waals surface area contributed by atoms with Gasteiger partial charge in [0.05, 0.1) is 5.92 Å². The first-order valence-electron chi connectivity index (χ1n) is 6.27. The molecule has 0 saturated heterocycles. The van der Waals surface area contributed by atoms with Crippen molar-refractivity contribution < 1.29 is 9.90 Å². The first-order valence-corrected chi connectivity index (χ1v) is 7.44. The molecule has 20 heavy (non-hydrogen) atoms. The van der Waals surface area contributed by atoms with E-state index in [-0.39, 0.29) is 0 Å². The van der Waals surface area contributed by atoms with Gasteiger partial charge in [-0.1, -0.05) is 63.9 Å². The Morgan fingerprint density at radius 3 is 2.45 bits per heavy atom. The molecule has 1 N–H and O–H groups in total.